The summed E-state index contributed by atoms with van der Waals surface area (Å²) in [5.74, 6) is 0. The Kier molecular flexibility index (Phi) is 5.12. The monoisotopic (exact) mass is 212 g/mol. The standard InChI is InChI=1S/C11H20N2S/c1-4-7-12-8-10-9(5-2)13-11(6-3)14-10/h12H,4-8H2,1-3H3. The lowest BCUT2D eigenvalue weighted by atomic mass is 10.3. The van der Waals surface area contributed by atoms with Crippen molar-refractivity contribution < 1.29 is 0 Å². The van der Waals surface area contributed by atoms with Crippen LogP contribution in [0.3, 0.4) is 0 Å². The second-order valence-electron chi connectivity index (χ2n) is 3.36. The van der Waals surface area contributed by atoms with Crippen LogP contribution >= 0.6 is 11.3 Å². The number of rotatable bonds is 6. The van der Waals surface area contributed by atoms with Crippen LogP contribution in [0.2, 0.25) is 0 Å². The molecule has 1 rings (SSSR count). The van der Waals surface area contributed by atoms with Gasteiger partial charge in [-0.25, -0.2) is 4.98 Å². The van der Waals surface area contributed by atoms with Crippen molar-refractivity contribution in [3.05, 3.63) is 15.6 Å². The molecular formula is C11H20N2S. The van der Waals surface area contributed by atoms with E-state index in [9.17, 15) is 0 Å². The summed E-state index contributed by atoms with van der Waals surface area (Å²) < 4.78 is 0. The molecular weight excluding hydrogens is 192 g/mol. The normalized spacial score (nSPS) is 10.8. The fourth-order valence-electron chi connectivity index (χ4n) is 1.38. The Hall–Kier alpha value is -0.410. The number of hydrogen-bond donors (Lipinski definition) is 1. The summed E-state index contributed by atoms with van der Waals surface area (Å²) in [6.45, 7) is 8.63. The molecule has 2 nitrogen and oxygen atoms in total. The molecule has 0 aliphatic heterocycles. The molecule has 0 spiro atoms. The van der Waals surface area contributed by atoms with Gasteiger partial charge in [-0.15, -0.1) is 11.3 Å². The van der Waals surface area contributed by atoms with Crippen molar-refractivity contribution in [2.45, 2.75) is 46.6 Å². The maximum atomic E-state index is 4.60. The topological polar surface area (TPSA) is 24.9 Å². The second-order valence-corrected chi connectivity index (χ2v) is 4.53. The first-order chi connectivity index (χ1) is 6.81. The van der Waals surface area contributed by atoms with Gasteiger partial charge >= 0.3 is 0 Å². The van der Waals surface area contributed by atoms with Gasteiger partial charge in [-0.1, -0.05) is 20.8 Å². The summed E-state index contributed by atoms with van der Waals surface area (Å²) in [6, 6.07) is 0. The minimum absolute atomic E-state index is 0.995. The number of hydrogen-bond acceptors (Lipinski definition) is 3. The highest BCUT2D eigenvalue weighted by atomic mass is 32.1. The highest BCUT2D eigenvalue weighted by Gasteiger charge is 2.07. The molecule has 0 radical (unpaired) electrons. The summed E-state index contributed by atoms with van der Waals surface area (Å²) in [5.41, 5.74) is 1.29. The van der Waals surface area contributed by atoms with Gasteiger partial charge in [0, 0.05) is 11.4 Å². The minimum atomic E-state index is 0.995. The molecule has 1 heterocycles. The van der Waals surface area contributed by atoms with Crippen molar-refractivity contribution in [3.63, 3.8) is 0 Å². The SMILES string of the molecule is CCCNCc1sc(CC)nc1CC. The molecule has 3 heteroatoms. The number of thiazole rings is 1. The van der Waals surface area contributed by atoms with Crippen LogP contribution in [0.5, 0.6) is 0 Å². The van der Waals surface area contributed by atoms with Gasteiger partial charge in [-0.2, -0.15) is 0 Å². The van der Waals surface area contributed by atoms with Gasteiger partial charge in [-0.3, -0.25) is 0 Å². The van der Waals surface area contributed by atoms with E-state index in [1.165, 1.54) is 22.0 Å². The zero-order valence-corrected chi connectivity index (χ0v) is 10.2. The fraction of sp³-hybridized carbons (Fsp3) is 0.727. The van der Waals surface area contributed by atoms with Gasteiger partial charge in [0.25, 0.3) is 0 Å². The number of aryl methyl sites for hydroxylation is 2. The van der Waals surface area contributed by atoms with Crippen LogP contribution in [-0.2, 0) is 19.4 Å². The molecule has 0 saturated heterocycles. The third kappa shape index (κ3) is 3.07. The Labute approximate surface area is 90.8 Å². The van der Waals surface area contributed by atoms with Crippen LogP contribution < -0.4 is 5.32 Å². The molecule has 0 aliphatic carbocycles. The molecule has 1 N–H and O–H groups in total. The molecule has 0 bridgehead atoms. The second kappa shape index (κ2) is 6.14. The van der Waals surface area contributed by atoms with E-state index in [0.717, 1.165) is 25.9 Å². The predicted octanol–water partition coefficient (Wildman–Crippen LogP) is 2.77. The lowest BCUT2D eigenvalue weighted by molar-refractivity contribution is 0.676. The Morgan fingerprint density at radius 1 is 1.21 bits per heavy atom. The summed E-state index contributed by atoms with van der Waals surface area (Å²) in [7, 11) is 0. The molecule has 0 aromatic carbocycles. The Bertz CT molecular complexity index is 268. The molecule has 80 valence electrons. The molecule has 0 fully saturated rings. The Morgan fingerprint density at radius 3 is 2.57 bits per heavy atom. The van der Waals surface area contributed by atoms with E-state index in [0.29, 0.717) is 0 Å². The van der Waals surface area contributed by atoms with Crippen molar-refractivity contribution in [2.75, 3.05) is 6.54 Å². The summed E-state index contributed by atoms with van der Waals surface area (Å²) in [4.78, 5) is 6.03. The van der Waals surface area contributed by atoms with Crippen molar-refractivity contribution in [1.82, 2.24) is 10.3 Å². The third-order valence-corrected chi connectivity index (χ3v) is 3.41. The van der Waals surface area contributed by atoms with Crippen molar-refractivity contribution in [3.8, 4) is 0 Å². The van der Waals surface area contributed by atoms with Crippen molar-refractivity contribution in [1.29, 1.82) is 0 Å². The van der Waals surface area contributed by atoms with E-state index in [4.69, 9.17) is 0 Å². The van der Waals surface area contributed by atoms with Crippen molar-refractivity contribution >= 4 is 11.3 Å². The zero-order chi connectivity index (χ0) is 10.4. The van der Waals surface area contributed by atoms with Crippen LogP contribution in [-0.4, -0.2) is 11.5 Å². The van der Waals surface area contributed by atoms with E-state index >= 15 is 0 Å². The first-order valence-electron chi connectivity index (χ1n) is 5.49. The van der Waals surface area contributed by atoms with Crippen LogP contribution in [0.4, 0.5) is 0 Å². The predicted molar refractivity (Wildman–Crippen MR) is 62.9 cm³/mol. The summed E-state index contributed by atoms with van der Waals surface area (Å²) in [6.07, 6.45) is 3.31. The van der Waals surface area contributed by atoms with Gasteiger partial charge in [0.2, 0.25) is 0 Å². The molecule has 0 unspecified atom stereocenters. The Morgan fingerprint density at radius 2 is 2.00 bits per heavy atom. The van der Waals surface area contributed by atoms with Crippen LogP contribution in [0.25, 0.3) is 0 Å². The van der Waals surface area contributed by atoms with Gasteiger partial charge in [-0.05, 0) is 25.8 Å². The molecule has 0 amide bonds. The number of nitrogens with zero attached hydrogens (tertiary/aromatic N) is 1. The van der Waals surface area contributed by atoms with E-state index in [1.54, 1.807) is 0 Å². The van der Waals surface area contributed by atoms with E-state index in [-0.39, 0.29) is 0 Å². The van der Waals surface area contributed by atoms with E-state index in [1.807, 2.05) is 11.3 Å². The Balaban J connectivity index is 2.59. The maximum absolute atomic E-state index is 4.60. The molecule has 0 saturated carbocycles. The average molecular weight is 212 g/mol. The quantitative estimate of drug-likeness (QED) is 0.733. The van der Waals surface area contributed by atoms with Gasteiger partial charge in [0.05, 0.1) is 10.7 Å². The molecule has 14 heavy (non-hydrogen) atoms. The number of aromatic nitrogens is 1. The van der Waals surface area contributed by atoms with Gasteiger partial charge in [0.15, 0.2) is 0 Å². The smallest absolute Gasteiger partial charge is 0.0928 e. The van der Waals surface area contributed by atoms with Crippen LogP contribution in [0.1, 0.15) is 42.8 Å². The summed E-state index contributed by atoms with van der Waals surface area (Å²) in [5, 5.41) is 4.71. The fourth-order valence-corrected chi connectivity index (χ4v) is 2.45. The third-order valence-electron chi connectivity index (χ3n) is 2.17. The minimum Gasteiger partial charge on any atom is -0.312 e. The van der Waals surface area contributed by atoms with Gasteiger partial charge < -0.3 is 5.32 Å². The largest absolute Gasteiger partial charge is 0.312 e. The van der Waals surface area contributed by atoms with Gasteiger partial charge in [0.1, 0.15) is 0 Å². The average Bonchev–Trinajstić information content (AvgIpc) is 2.61. The first kappa shape index (κ1) is 11.7. The van der Waals surface area contributed by atoms with Crippen molar-refractivity contribution in [2.24, 2.45) is 0 Å². The lowest BCUT2D eigenvalue weighted by Crippen LogP contribution is -2.13. The molecule has 0 atom stereocenters. The van der Waals surface area contributed by atoms with E-state index in [2.05, 4.69) is 31.1 Å². The zero-order valence-electron chi connectivity index (χ0n) is 9.39. The maximum Gasteiger partial charge on any atom is 0.0928 e. The molecule has 0 aliphatic rings. The van der Waals surface area contributed by atoms with Crippen LogP contribution in [0.15, 0.2) is 0 Å². The molecule has 1 aromatic rings. The van der Waals surface area contributed by atoms with Crippen LogP contribution in [0, 0.1) is 0 Å². The molecule has 1 aromatic heterocycles. The summed E-state index contributed by atoms with van der Waals surface area (Å²) >= 11 is 1.86. The lowest BCUT2D eigenvalue weighted by Gasteiger charge is -2.01. The highest BCUT2D eigenvalue weighted by Crippen LogP contribution is 2.19. The first-order valence-corrected chi connectivity index (χ1v) is 6.31. The highest BCUT2D eigenvalue weighted by molar-refractivity contribution is 7.11. The number of nitrogens with one attached hydrogen (secondary N) is 1. The van der Waals surface area contributed by atoms with E-state index < -0.39 is 0 Å².